The molecular formula is C12H11F3O3. The molecule has 0 bridgehead atoms. The van der Waals surface area contributed by atoms with Crippen LogP contribution in [0.3, 0.4) is 0 Å². The Morgan fingerprint density at radius 3 is 2.39 bits per heavy atom. The molecule has 0 saturated carbocycles. The molecule has 0 heterocycles. The minimum absolute atomic E-state index is 0.0364. The van der Waals surface area contributed by atoms with Crippen LogP contribution in [0.15, 0.2) is 12.1 Å². The molecule has 98 valence electrons. The van der Waals surface area contributed by atoms with Crippen molar-refractivity contribution in [3.05, 3.63) is 28.8 Å². The van der Waals surface area contributed by atoms with Crippen LogP contribution in [0.5, 0.6) is 5.75 Å². The largest absolute Gasteiger partial charge is 0.492 e. The molecule has 0 radical (unpaired) electrons. The second-order valence-electron chi connectivity index (χ2n) is 3.51. The highest BCUT2D eigenvalue weighted by molar-refractivity contribution is 5.98. The van der Waals surface area contributed by atoms with Gasteiger partial charge in [-0.1, -0.05) is 0 Å². The third-order valence-corrected chi connectivity index (χ3v) is 2.27. The average Bonchev–Trinajstić information content (AvgIpc) is 2.27. The van der Waals surface area contributed by atoms with Crippen LogP contribution in [-0.4, -0.2) is 18.7 Å². The first kappa shape index (κ1) is 14.2. The van der Waals surface area contributed by atoms with Crippen molar-refractivity contribution in [1.82, 2.24) is 0 Å². The summed E-state index contributed by atoms with van der Waals surface area (Å²) in [6.45, 7) is 2.49. The van der Waals surface area contributed by atoms with Gasteiger partial charge in [0, 0.05) is 5.56 Å². The summed E-state index contributed by atoms with van der Waals surface area (Å²) in [5, 5.41) is 0. The molecular weight excluding hydrogens is 249 g/mol. The molecule has 0 aromatic heterocycles. The Morgan fingerprint density at radius 1 is 1.39 bits per heavy atom. The van der Waals surface area contributed by atoms with E-state index < -0.39 is 28.8 Å². The van der Waals surface area contributed by atoms with E-state index in [2.05, 4.69) is 0 Å². The molecule has 0 N–H and O–H groups in total. The monoisotopic (exact) mass is 260 g/mol. The molecule has 1 rings (SSSR count). The van der Waals surface area contributed by atoms with E-state index >= 15 is 0 Å². The highest BCUT2D eigenvalue weighted by Crippen LogP contribution is 2.40. The fraction of sp³-hybridized carbons (Fsp3) is 0.333. The van der Waals surface area contributed by atoms with E-state index in [1.54, 1.807) is 0 Å². The summed E-state index contributed by atoms with van der Waals surface area (Å²) in [6, 6.07) is 2.13. The Morgan fingerprint density at radius 2 is 2.00 bits per heavy atom. The van der Waals surface area contributed by atoms with Gasteiger partial charge in [-0.2, -0.15) is 13.2 Å². The number of ether oxygens (including phenoxy) is 1. The highest BCUT2D eigenvalue weighted by Gasteiger charge is 2.39. The van der Waals surface area contributed by atoms with Gasteiger partial charge in [0.05, 0.1) is 12.2 Å². The summed E-state index contributed by atoms with van der Waals surface area (Å²) in [5.41, 5.74) is -1.92. The molecule has 0 atom stereocenters. The van der Waals surface area contributed by atoms with Crippen LogP contribution in [0.2, 0.25) is 0 Å². The van der Waals surface area contributed by atoms with E-state index in [-0.39, 0.29) is 18.5 Å². The van der Waals surface area contributed by atoms with Gasteiger partial charge in [0.2, 0.25) is 0 Å². The SMILES string of the molecule is CCOc1c(C=O)ccc(C(C)=O)c1C(F)(F)F. The molecule has 0 aliphatic heterocycles. The van der Waals surface area contributed by atoms with Gasteiger partial charge in [-0.3, -0.25) is 9.59 Å². The Balaban J connectivity index is 3.65. The molecule has 0 fully saturated rings. The summed E-state index contributed by atoms with van der Waals surface area (Å²) >= 11 is 0. The smallest absolute Gasteiger partial charge is 0.420 e. The summed E-state index contributed by atoms with van der Waals surface area (Å²) in [7, 11) is 0. The molecule has 0 aliphatic carbocycles. The number of carbonyl (C=O) groups excluding carboxylic acids is 2. The van der Waals surface area contributed by atoms with Gasteiger partial charge in [-0.15, -0.1) is 0 Å². The van der Waals surface area contributed by atoms with Crippen LogP contribution in [0.1, 0.15) is 40.1 Å². The van der Waals surface area contributed by atoms with Crippen LogP contribution >= 0.6 is 0 Å². The van der Waals surface area contributed by atoms with Crippen molar-refractivity contribution in [3.63, 3.8) is 0 Å². The minimum atomic E-state index is -4.76. The Labute approximate surface area is 102 Å². The Hall–Kier alpha value is -1.85. The highest BCUT2D eigenvalue weighted by atomic mass is 19.4. The number of ketones is 1. The van der Waals surface area contributed by atoms with Crippen LogP contribution < -0.4 is 4.74 Å². The number of carbonyl (C=O) groups is 2. The maximum atomic E-state index is 13.0. The van der Waals surface area contributed by atoms with Gasteiger partial charge < -0.3 is 4.74 Å². The standard InChI is InChI=1S/C12H11F3O3/c1-3-18-11-8(6-16)4-5-9(7(2)17)10(11)12(13,14)15/h4-6H,3H2,1-2H3. The summed E-state index contributed by atoms with van der Waals surface area (Å²) in [5.74, 6) is -1.33. The number of aldehydes is 1. The predicted octanol–water partition coefficient (Wildman–Crippen LogP) is 3.12. The lowest BCUT2D eigenvalue weighted by Gasteiger charge is -2.17. The van der Waals surface area contributed by atoms with E-state index in [0.717, 1.165) is 19.1 Å². The zero-order valence-corrected chi connectivity index (χ0v) is 9.80. The lowest BCUT2D eigenvalue weighted by atomic mass is 9.99. The van der Waals surface area contributed by atoms with Crippen molar-refractivity contribution in [2.24, 2.45) is 0 Å². The lowest BCUT2D eigenvalue weighted by Crippen LogP contribution is -2.15. The van der Waals surface area contributed by atoms with Crippen LogP contribution in [0.4, 0.5) is 13.2 Å². The van der Waals surface area contributed by atoms with Crippen molar-refractivity contribution in [2.75, 3.05) is 6.61 Å². The second-order valence-corrected chi connectivity index (χ2v) is 3.51. The third-order valence-electron chi connectivity index (χ3n) is 2.27. The number of hydrogen-bond donors (Lipinski definition) is 0. The number of alkyl halides is 3. The molecule has 1 aromatic carbocycles. The average molecular weight is 260 g/mol. The minimum Gasteiger partial charge on any atom is -0.492 e. The number of hydrogen-bond acceptors (Lipinski definition) is 3. The van der Waals surface area contributed by atoms with Crippen molar-refractivity contribution >= 4 is 12.1 Å². The van der Waals surface area contributed by atoms with E-state index in [1.165, 1.54) is 6.92 Å². The molecule has 18 heavy (non-hydrogen) atoms. The topological polar surface area (TPSA) is 43.4 Å². The molecule has 3 nitrogen and oxygen atoms in total. The zero-order chi connectivity index (χ0) is 13.9. The maximum absolute atomic E-state index is 13.0. The first-order chi connectivity index (χ1) is 8.32. The molecule has 1 aromatic rings. The van der Waals surface area contributed by atoms with Gasteiger partial charge in [0.25, 0.3) is 0 Å². The van der Waals surface area contributed by atoms with Crippen LogP contribution in [-0.2, 0) is 6.18 Å². The molecule has 0 aliphatic rings. The first-order valence-electron chi connectivity index (χ1n) is 5.16. The molecule has 0 saturated heterocycles. The summed E-state index contributed by atoms with van der Waals surface area (Å²) in [4.78, 5) is 22.0. The number of halogens is 3. The quantitative estimate of drug-likeness (QED) is 0.617. The Kier molecular flexibility index (Phi) is 4.11. The molecule has 6 heteroatoms. The maximum Gasteiger partial charge on any atom is 0.420 e. The summed E-state index contributed by atoms with van der Waals surface area (Å²) in [6.07, 6.45) is -4.49. The van der Waals surface area contributed by atoms with E-state index in [4.69, 9.17) is 4.74 Å². The van der Waals surface area contributed by atoms with Crippen molar-refractivity contribution in [1.29, 1.82) is 0 Å². The zero-order valence-electron chi connectivity index (χ0n) is 9.80. The van der Waals surface area contributed by atoms with E-state index in [9.17, 15) is 22.8 Å². The van der Waals surface area contributed by atoms with E-state index in [1.807, 2.05) is 0 Å². The number of Topliss-reactive ketones (excluding diaryl/α,β-unsaturated/α-hetero) is 1. The lowest BCUT2D eigenvalue weighted by molar-refractivity contribution is -0.139. The van der Waals surface area contributed by atoms with Crippen molar-refractivity contribution < 1.29 is 27.5 Å². The van der Waals surface area contributed by atoms with Crippen molar-refractivity contribution in [2.45, 2.75) is 20.0 Å². The van der Waals surface area contributed by atoms with Gasteiger partial charge in [0.15, 0.2) is 12.1 Å². The van der Waals surface area contributed by atoms with Crippen molar-refractivity contribution in [3.8, 4) is 5.75 Å². The molecule has 0 unspecified atom stereocenters. The predicted molar refractivity (Wildman–Crippen MR) is 58.0 cm³/mol. The third kappa shape index (κ3) is 2.69. The van der Waals surface area contributed by atoms with Gasteiger partial charge in [-0.05, 0) is 26.0 Å². The molecule has 0 spiro atoms. The molecule has 0 amide bonds. The first-order valence-corrected chi connectivity index (χ1v) is 5.16. The Bertz CT molecular complexity index is 478. The van der Waals surface area contributed by atoms with Crippen LogP contribution in [0, 0.1) is 0 Å². The normalized spacial score (nSPS) is 11.2. The van der Waals surface area contributed by atoms with Gasteiger partial charge in [-0.25, -0.2) is 0 Å². The summed E-state index contributed by atoms with van der Waals surface area (Å²) < 4.78 is 43.8. The van der Waals surface area contributed by atoms with Gasteiger partial charge in [0.1, 0.15) is 11.3 Å². The fourth-order valence-electron chi connectivity index (χ4n) is 1.57. The number of rotatable bonds is 4. The van der Waals surface area contributed by atoms with Crippen LogP contribution in [0.25, 0.3) is 0 Å². The second kappa shape index (κ2) is 5.20. The number of benzene rings is 1. The fourth-order valence-corrected chi connectivity index (χ4v) is 1.57. The van der Waals surface area contributed by atoms with E-state index in [0.29, 0.717) is 0 Å². The van der Waals surface area contributed by atoms with Gasteiger partial charge >= 0.3 is 6.18 Å².